The lowest BCUT2D eigenvalue weighted by atomic mass is 9.92. The van der Waals surface area contributed by atoms with Gasteiger partial charge < -0.3 is 15.8 Å². The van der Waals surface area contributed by atoms with Gasteiger partial charge in [-0.25, -0.2) is 0 Å². The minimum Gasteiger partial charge on any atom is -0.484 e. The van der Waals surface area contributed by atoms with E-state index < -0.39 is 0 Å². The molecule has 1 aromatic carbocycles. The predicted molar refractivity (Wildman–Crippen MR) is 73.4 cm³/mol. The number of nitrogens with one attached hydrogen (secondary N) is 1. The SMILES string of the molecule is CC(C)(C)CCNC(=O)COc1cccc(N)c1. The molecule has 0 spiro atoms. The van der Waals surface area contributed by atoms with Gasteiger partial charge in [0.05, 0.1) is 0 Å². The van der Waals surface area contributed by atoms with Gasteiger partial charge in [-0.05, 0) is 24.0 Å². The standard InChI is InChI=1S/C14H22N2O2/c1-14(2,3)7-8-16-13(17)10-18-12-6-4-5-11(15)9-12/h4-6,9H,7-8,10,15H2,1-3H3,(H,16,17). The maximum atomic E-state index is 11.5. The van der Waals surface area contributed by atoms with Crippen LogP contribution in [0.2, 0.25) is 0 Å². The Labute approximate surface area is 109 Å². The molecule has 4 nitrogen and oxygen atoms in total. The first kappa shape index (κ1) is 14.4. The van der Waals surface area contributed by atoms with Crippen molar-refractivity contribution in [3.05, 3.63) is 24.3 Å². The van der Waals surface area contributed by atoms with Crippen LogP contribution in [0.25, 0.3) is 0 Å². The van der Waals surface area contributed by atoms with Crippen LogP contribution in [0.4, 0.5) is 5.69 Å². The summed E-state index contributed by atoms with van der Waals surface area (Å²) < 4.78 is 5.34. The van der Waals surface area contributed by atoms with Gasteiger partial charge in [0.1, 0.15) is 5.75 Å². The monoisotopic (exact) mass is 250 g/mol. The summed E-state index contributed by atoms with van der Waals surface area (Å²) in [7, 11) is 0. The van der Waals surface area contributed by atoms with E-state index in [-0.39, 0.29) is 17.9 Å². The molecule has 0 aliphatic carbocycles. The van der Waals surface area contributed by atoms with Gasteiger partial charge in [-0.1, -0.05) is 26.8 Å². The fraction of sp³-hybridized carbons (Fsp3) is 0.500. The number of nitrogens with two attached hydrogens (primary N) is 1. The van der Waals surface area contributed by atoms with Gasteiger partial charge in [0.15, 0.2) is 6.61 Å². The second kappa shape index (κ2) is 6.28. The summed E-state index contributed by atoms with van der Waals surface area (Å²) in [6.07, 6.45) is 0.941. The molecule has 0 aromatic heterocycles. The Kier molecular flexibility index (Phi) is 5.01. The lowest BCUT2D eigenvalue weighted by Gasteiger charge is -2.18. The van der Waals surface area contributed by atoms with Crippen molar-refractivity contribution < 1.29 is 9.53 Å². The number of hydrogen-bond donors (Lipinski definition) is 2. The highest BCUT2D eigenvalue weighted by Gasteiger charge is 2.10. The summed E-state index contributed by atoms with van der Waals surface area (Å²) in [6.45, 7) is 7.11. The molecular formula is C14H22N2O2. The second-order valence-electron chi connectivity index (χ2n) is 5.52. The fourth-order valence-corrected chi connectivity index (χ4v) is 1.38. The van der Waals surface area contributed by atoms with E-state index in [2.05, 4.69) is 26.1 Å². The van der Waals surface area contributed by atoms with Crippen molar-refractivity contribution in [3.63, 3.8) is 0 Å². The third-order valence-electron chi connectivity index (χ3n) is 2.43. The van der Waals surface area contributed by atoms with E-state index in [1.807, 2.05) is 0 Å². The molecule has 3 N–H and O–H groups in total. The maximum absolute atomic E-state index is 11.5. The third-order valence-corrected chi connectivity index (χ3v) is 2.43. The number of ether oxygens (including phenoxy) is 1. The molecule has 0 radical (unpaired) electrons. The number of amides is 1. The maximum Gasteiger partial charge on any atom is 0.257 e. The highest BCUT2D eigenvalue weighted by Crippen LogP contribution is 2.17. The Morgan fingerprint density at radius 1 is 1.39 bits per heavy atom. The Hall–Kier alpha value is -1.71. The summed E-state index contributed by atoms with van der Waals surface area (Å²) in [5, 5.41) is 2.83. The molecule has 0 aliphatic rings. The molecule has 4 heteroatoms. The van der Waals surface area contributed by atoms with Crippen LogP contribution in [-0.2, 0) is 4.79 Å². The Morgan fingerprint density at radius 2 is 2.11 bits per heavy atom. The molecule has 18 heavy (non-hydrogen) atoms. The van der Waals surface area contributed by atoms with Gasteiger partial charge in [0, 0.05) is 18.3 Å². The summed E-state index contributed by atoms with van der Waals surface area (Å²) >= 11 is 0. The average molecular weight is 250 g/mol. The lowest BCUT2D eigenvalue weighted by molar-refractivity contribution is -0.123. The van der Waals surface area contributed by atoms with Gasteiger partial charge in [-0.15, -0.1) is 0 Å². The van der Waals surface area contributed by atoms with E-state index in [9.17, 15) is 4.79 Å². The van der Waals surface area contributed by atoms with Crippen LogP contribution in [0.1, 0.15) is 27.2 Å². The van der Waals surface area contributed by atoms with Crippen molar-refractivity contribution >= 4 is 11.6 Å². The lowest BCUT2D eigenvalue weighted by Crippen LogP contribution is -2.31. The zero-order valence-corrected chi connectivity index (χ0v) is 11.3. The number of rotatable bonds is 5. The van der Waals surface area contributed by atoms with Gasteiger partial charge >= 0.3 is 0 Å². The molecular weight excluding hydrogens is 228 g/mol. The van der Waals surface area contributed by atoms with Crippen molar-refractivity contribution in [1.82, 2.24) is 5.32 Å². The first-order valence-corrected chi connectivity index (χ1v) is 6.12. The molecule has 0 atom stereocenters. The minimum absolute atomic E-state index is 0.0214. The smallest absolute Gasteiger partial charge is 0.257 e. The number of nitrogen functional groups attached to an aromatic ring is 1. The molecule has 100 valence electrons. The van der Waals surface area contributed by atoms with Crippen molar-refractivity contribution in [2.45, 2.75) is 27.2 Å². The number of benzene rings is 1. The number of carbonyl (C=O) groups excluding carboxylic acids is 1. The third kappa shape index (κ3) is 6.13. The Bertz CT molecular complexity index is 397. The van der Waals surface area contributed by atoms with E-state index in [1.54, 1.807) is 24.3 Å². The summed E-state index contributed by atoms with van der Waals surface area (Å²) in [6, 6.07) is 7.04. The molecule has 0 aliphatic heterocycles. The molecule has 1 amide bonds. The van der Waals surface area contributed by atoms with Crippen molar-refractivity contribution in [2.24, 2.45) is 5.41 Å². The van der Waals surface area contributed by atoms with Crippen molar-refractivity contribution in [1.29, 1.82) is 0 Å². The van der Waals surface area contributed by atoms with E-state index in [4.69, 9.17) is 10.5 Å². The normalized spacial score (nSPS) is 11.1. The summed E-state index contributed by atoms with van der Waals surface area (Å²) in [5.41, 5.74) is 6.46. The van der Waals surface area contributed by atoms with Crippen LogP contribution in [0, 0.1) is 5.41 Å². The topological polar surface area (TPSA) is 64.3 Å². The molecule has 0 bridgehead atoms. The fourth-order valence-electron chi connectivity index (χ4n) is 1.38. The van der Waals surface area contributed by atoms with E-state index in [0.717, 1.165) is 6.42 Å². The Morgan fingerprint density at radius 3 is 2.72 bits per heavy atom. The van der Waals surface area contributed by atoms with Gasteiger partial charge in [0.2, 0.25) is 0 Å². The highest BCUT2D eigenvalue weighted by molar-refractivity contribution is 5.77. The van der Waals surface area contributed by atoms with Crippen molar-refractivity contribution in [2.75, 3.05) is 18.9 Å². The summed E-state index contributed by atoms with van der Waals surface area (Å²) in [4.78, 5) is 11.5. The quantitative estimate of drug-likeness (QED) is 0.787. The zero-order valence-electron chi connectivity index (χ0n) is 11.3. The molecule has 0 unspecified atom stereocenters. The molecule has 0 saturated carbocycles. The molecule has 0 fully saturated rings. The van der Waals surface area contributed by atoms with E-state index >= 15 is 0 Å². The first-order valence-electron chi connectivity index (χ1n) is 6.12. The van der Waals surface area contributed by atoms with Gasteiger partial charge in [0.25, 0.3) is 5.91 Å². The van der Waals surface area contributed by atoms with Gasteiger partial charge in [-0.2, -0.15) is 0 Å². The molecule has 1 rings (SSSR count). The number of anilines is 1. The summed E-state index contributed by atoms with van der Waals surface area (Å²) in [5.74, 6) is 0.502. The van der Waals surface area contributed by atoms with Crippen LogP contribution in [0.3, 0.4) is 0 Å². The molecule has 1 aromatic rings. The second-order valence-corrected chi connectivity index (χ2v) is 5.52. The highest BCUT2D eigenvalue weighted by atomic mass is 16.5. The average Bonchev–Trinajstić information content (AvgIpc) is 2.25. The van der Waals surface area contributed by atoms with E-state index in [1.165, 1.54) is 0 Å². The van der Waals surface area contributed by atoms with Gasteiger partial charge in [-0.3, -0.25) is 4.79 Å². The number of carbonyl (C=O) groups is 1. The molecule has 0 saturated heterocycles. The van der Waals surface area contributed by atoms with Crippen molar-refractivity contribution in [3.8, 4) is 5.75 Å². The Balaban J connectivity index is 2.25. The number of hydrogen-bond acceptors (Lipinski definition) is 3. The first-order chi connectivity index (χ1) is 8.37. The zero-order chi connectivity index (χ0) is 13.6. The van der Waals surface area contributed by atoms with E-state index in [0.29, 0.717) is 18.0 Å². The van der Waals surface area contributed by atoms with Crippen LogP contribution >= 0.6 is 0 Å². The largest absolute Gasteiger partial charge is 0.484 e. The van der Waals surface area contributed by atoms with Crippen LogP contribution in [0.5, 0.6) is 5.75 Å². The van der Waals surface area contributed by atoms with Crippen LogP contribution in [-0.4, -0.2) is 19.1 Å². The minimum atomic E-state index is -0.110. The van der Waals surface area contributed by atoms with Crippen LogP contribution < -0.4 is 15.8 Å². The predicted octanol–water partition coefficient (Wildman–Crippen LogP) is 2.20. The molecule has 0 heterocycles. The van der Waals surface area contributed by atoms with Crippen LogP contribution in [0.15, 0.2) is 24.3 Å².